The van der Waals surface area contributed by atoms with Crippen LogP contribution in [0, 0.1) is 11.8 Å². The van der Waals surface area contributed by atoms with Crippen LogP contribution in [-0.2, 0) is 93.6 Å². The Morgan fingerprint density at radius 3 is 1.34 bits per heavy atom. The average Bonchev–Trinajstić information content (AvgIpc) is 1.48. The van der Waals surface area contributed by atoms with Crippen LogP contribution >= 0.6 is 0 Å². The molecule has 0 spiro atoms. The predicted octanol–water partition coefficient (Wildman–Crippen LogP) is 15.5. The van der Waals surface area contributed by atoms with Crippen LogP contribution in [-0.4, -0.2) is 94.0 Å². The van der Waals surface area contributed by atoms with Crippen molar-refractivity contribution in [2.45, 2.75) is 197 Å². The Morgan fingerprint density at radius 1 is 0.385 bits per heavy atom. The van der Waals surface area contributed by atoms with E-state index in [9.17, 15) is 0 Å². The van der Waals surface area contributed by atoms with Gasteiger partial charge < -0.3 is 57.8 Å². The lowest BCUT2D eigenvalue weighted by Crippen LogP contribution is -2.60. The maximum atomic E-state index is 7.59. The summed E-state index contributed by atoms with van der Waals surface area (Å²) in [4.78, 5) is 0. The molecule has 0 amide bonds. The number of hydrogen-bond donors (Lipinski definition) is 1. The Hall–Kier alpha value is -6.10. The number of nitrogens with two attached hydrogens (primary N) is 1. The summed E-state index contributed by atoms with van der Waals surface area (Å²) in [5.41, 5.74) is 15.2. The molecule has 12 heteroatoms. The summed E-state index contributed by atoms with van der Waals surface area (Å²) in [6.07, 6.45) is 8.60. The van der Waals surface area contributed by atoms with Crippen molar-refractivity contribution in [3.05, 3.63) is 245 Å². The number of ether oxygens (including phenoxy) is 11. The lowest BCUT2D eigenvalue weighted by Gasteiger charge is -2.49. The normalized spacial score (nSPS) is 25.1. The molecule has 3 aliphatic heterocycles. The van der Waals surface area contributed by atoms with Gasteiger partial charge in [-0.3, -0.25) is 0 Å². The first kappa shape index (κ1) is 67.8. The fraction of sp³-hybridized carbons (Fsp3) is 0.468. The van der Waals surface area contributed by atoms with E-state index >= 15 is 0 Å². The summed E-state index contributed by atoms with van der Waals surface area (Å²) in [5.74, 6) is 0.729. The van der Waals surface area contributed by atoms with Crippen molar-refractivity contribution in [3.8, 4) is 5.75 Å². The first-order chi connectivity index (χ1) is 44.9. The molecule has 0 aromatic heterocycles. The molecule has 0 bridgehead atoms. The van der Waals surface area contributed by atoms with Gasteiger partial charge in [-0.15, -0.1) is 0 Å². The zero-order valence-electron chi connectivity index (χ0n) is 53.8. The molecule has 3 fully saturated rings. The summed E-state index contributed by atoms with van der Waals surface area (Å²) in [6, 6.07) is 69.9. The van der Waals surface area contributed by atoms with Gasteiger partial charge in [0.1, 0.15) is 30.2 Å². The molecule has 0 radical (unpaired) electrons. The van der Waals surface area contributed by atoms with Crippen LogP contribution in [0.25, 0.3) is 0 Å². The molecule has 12 nitrogen and oxygen atoms in total. The van der Waals surface area contributed by atoms with Crippen LogP contribution in [0.3, 0.4) is 0 Å². The van der Waals surface area contributed by atoms with Crippen molar-refractivity contribution in [2.75, 3.05) is 26.9 Å². The van der Waals surface area contributed by atoms with E-state index in [-0.39, 0.29) is 54.5 Å². The van der Waals surface area contributed by atoms with Crippen LogP contribution in [0.15, 0.2) is 206 Å². The minimum Gasteiger partial charge on any atom is -0.497 e. The quantitative estimate of drug-likeness (QED) is 0.0372. The molecule has 3 aliphatic rings. The standard InChI is InChI=1S/C79H99NO11/c1-59-76(86-53-62-33-19-11-20-34-62)79(89-56-65-39-25-14-26-40-65)78(88-55-64-37-23-13-24-38-64)73(90-59)48-67-47-72(84-52-61-31-17-10-18-32-61)74(58-83-51-60-29-15-9-16-30-60)91-71(67)49-68-57-85-70(75(80)77(68)87-54-63-35-21-12-22-36-63)41-27-7-5-3-4-6-8-28-46-82-50-66-42-44-69(81-2)45-43-66/h9-26,29-40,42-45,59,67-68,70-79H,3-8,27-28,41,46-58,80H2,1-2H3/t59-,67-,68+,70-,71-,72+,73-,74+,75-,76+,77-,78+,79+/m0/s1. The van der Waals surface area contributed by atoms with E-state index in [0.717, 1.165) is 71.4 Å². The fourth-order valence-electron chi connectivity index (χ4n) is 13.3. The van der Waals surface area contributed by atoms with E-state index in [1.165, 1.54) is 37.7 Å². The molecular formula is C79H99NO11. The maximum Gasteiger partial charge on any atom is 0.118 e. The van der Waals surface area contributed by atoms with Crippen LogP contribution in [0.4, 0.5) is 0 Å². The van der Waals surface area contributed by atoms with Gasteiger partial charge in [-0.25, -0.2) is 0 Å². The van der Waals surface area contributed by atoms with E-state index in [0.29, 0.717) is 78.7 Å². The highest BCUT2D eigenvalue weighted by atomic mass is 16.6. The second-order valence-electron chi connectivity index (χ2n) is 25.2. The molecule has 3 heterocycles. The van der Waals surface area contributed by atoms with E-state index in [1.807, 2.05) is 72.8 Å². The summed E-state index contributed by atoms with van der Waals surface area (Å²) >= 11 is 0. The van der Waals surface area contributed by atoms with Crippen LogP contribution in [0.5, 0.6) is 5.75 Å². The molecule has 13 atom stereocenters. The van der Waals surface area contributed by atoms with Gasteiger partial charge in [-0.2, -0.15) is 0 Å². The van der Waals surface area contributed by atoms with Crippen molar-refractivity contribution in [1.82, 2.24) is 0 Å². The second kappa shape index (κ2) is 37.6. The third kappa shape index (κ3) is 21.7. The minimum absolute atomic E-state index is 0.0649. The van der Waals surface area contributed by atoms with Crippen molar-refractivity contribution in [3.63, 3.8) is 0 Å². The number of methoxy groups -OCH3 is 1. The molecule has 0 aliphatic carbocycles. The fourth-order valence-corrected chi connectivity index (χ4v) is 13.3. The SMILES string of the molecule is COc1ccc(COCCCCCCCCCC[C@@H]2OC[C@@H](C[C@@H]3O[C@H](COCc4ccccc4)[C@H](OCc4ccccc4)C[C@H]3C[C@@H]3O[C@@H](C)[C@@H](OCc4ccccc4)[C@@H](OCc4ccccc4)[C@@H]3OCc3ccccc3)[C@H](OCc3ccccc3)[C@H]2N)cc1. The molecule has 10 rings (SSSR count). The molecule has 0 unspecified atom stereocenters. The lowest BCUT2D eigenvalue weighted by molar-refractivity contribution is -0.269. The minimum atomic E-state index is -0.520. The first-order valence-corrected chi connectivity index (χ1v) is 33.7. The number of benzene rings is 7. The third-order valence-electron chi connectivity index (χ3n) is 18.4. The van der Waals surface area contributed by atoms with Crippen molar-refractivity contribution >= 4 is 0 Å². The highest BCUT2D eigenvalue weighted by molar-refractivity contribution is 5.27. The van der Waals surface area contributed by atoms with Gasteiger partial charge in [0.2, 0.25) is 0 Å². The van der Waals surface area contributed by atoms with Gasteiger partial charge in [-0.05, 0) is 96.0 Å². The topological polar surface area (TPSA) is 128 Å². The van der Waals surface area contributed by atoms with E-state index < -0.39 is 24.4 Å². The Bertz CT molecular complexity index is 3020. The summed E-state index contributed by atoms with van der Waals surface area (Å²) in [6.45, 7) is 6.89. The molecule has 2 N–H and O–H groups in total. The molecule has 91 heavy (non-hydrogen) atoms. The molecule has 3 saturated heterocycles. The highest BCUT2D eigenvalue weighted by Crippen LogP contribution is 2.42. The third-order valence-corrected chi connectivity index (χ3v) is 18.4. The van der Waals surface area contributed by atoms with E-state index in [4.69, 9.17) is 57.8 Å². The second-order valence-corrected chi connectivity index (χ2v) is 25.2. The number of hydrogen-bond acceptors (Lipinski definition) is 12. The molecular weight excluding hydrogens is 1140 g/mol. The molecule has 486 valence electrons. The maximum absolute atomic E-state index is 7.59. The van der Waals surface area contributed by atoms with Crippen LogP contribution < -0.4 is 10.5 Å². The molecule has 7 aromatic rings. The van der Waals surface area contributed by atoms with Gasteiger partial charge in [0, 0.05) is 12.5 Å². The molecule has 7 aromatic carbocycles. The Morgan fingerprint density at radius 2 is 0.813 bits per heavy atom. The van der Waals surface area contributed by atoms with Gasteiger partial charge in [-0.1, -0.05) is 239 Å². The monoisotopic (exact) mass is 1240 g/mol. The van der Waals surface area contributed by atoms with Gasteiger partial charge >= 0.3 is 0 Å². The molecule has 0 saturated carbocycles. The van der Waals surface area contributed by atoms with Crippen LogP contribution in [0.1, 0.15) is 123 Å². The summed E-state index contributed by atoms with van der Waals surface area (Å²) < 4.78 is 75.1. The predicted molar refractivity (Wildman–Crippen MR) is 357 cm³/mol. The van der Waals surface area contributed by atoms with Gasteiger partial charge in [0.25, 0.3) is 0 Å². The largest absolute Gasteiger partial charge is 0.497 e. The van der Waals surface area contributed by atoms with Gasteiger partial charge in [0.15, 0.2) is 0 Å². The number of rotatable bonds is 37. The summed E-state index contributed by atoms with van der Waals surface area (Å²) in [5, 5.41) is 0. The van der Waals surface area contributed by atoms with E-state index in [2.05, 4.69) is 140 Å². The van der Waals surface area contributed by atoms with Gasteiger partial charge in [0.05, 0.1) is 109 Å². The zero-order chi connectivity index (χ0) is 62.5. The zero-order valence-corrected chi connectivity index (χ0v) is 53.8. The highest BCUT2D eigenvalue weighted by Gasteiger charge is 2.51. The number of unbranched alkanes of at least 4 members (excludes halogenated alkanes) is 7. The lowest BCUT2D eigenvalue weighted by atomic mass is 9.77. The average molecular weight is 1240 g/mol. The smallest absolute Gasteiger partial charge is 0.118 e. The van der Waals surface area contributed by atoms with Crippen molar-refractivity contribution in [1.29, 1.82) is 0 Å². The Labute approximate surface area is 542 Å². The Kier molecular flexibility index (Phi) is 28.0. The Balaban J connectivity index is 0.866. The first-order valence-electron chi connectivity index (χ1n) is 33.7. The van der Waals surface area contributed by atoms with Crippen molar-refractivity contribution < 1.29 is 52.1 Å². The van der Waals surface area contributed by atoms with E-state index in [1.54, 1.807) is 7.11 Å². The summed E-state index contributed by atoms with van der Waals surface area (Å²) in [7, 11) is 1.69. The van der Waals surface area contributed by atoms with Crippen LogP contribution in [0.2, 0.25) is 0 Å². The van der Waals surface area contributed by atoms with Crippen molar-refractivity contribution in [2.24, 2.45) is 17.6 Å².